The number of allylic oxidation sites excluding steroid dienone is 1. The molecule has 4 saturated heterocycles. The summed E-state index contributed by atoms with van der Waals surface area (Å²) >= 11 is 0. The lowest BCUT2D eigenvalue weighted by molar-refractivity contribution is -0.169. The van der Waals surface area contributed by atoms with E-state index < -0.39 is 86.4 Å². The number of carbonyl (C=O) groups is 1. The van der Waals surface area contributed by atoms with Crippen LogP contribution in [0, 0.1) is 46.5 Å². The summed E-state index contributed by atoms with van der Waals surface area (Å²) in [4.78, 5) is 14.8. The van der Waals surface area contributed by atoms with Crippen LogP contribution in [0.4, 0.5) is 46.5 Å². The van der Waals surface area contributed by atoms with Crippen LogP contribution in [0.1, 0.15) is 41.6 Å². The fourth-order valence-corrected chi connectivity index (χ4v) is 6.13. The number of ketones is 1. The van der Waals surface area contributed by atoms with E-state index in [1.807, 2.05) is 0 Å². The molecule has 0 atom stereocenters. The van der Waals surface area contributed by atoms with Gasteiger partial charge in [-0.05, 0) is 12.2 Å². The maximum absolute atomic E-state index is 15.0. The molecule has 0 N–H and O–H groups in total. The van der Waals surface area contributed by atoms with E-state index in [0.29, 0.717) is 26.4 Å². The second kappa shape index (κ2) is 11.6. The number of piperidine rings is 2. The Morgan fingerprint density at radius 2 is 0.886 bits per heavy atom. The number of carbonyl (C=O) groups excluding carboxylic acids is 1. The minimum absolute atomic E-state index is 0.0497. The molecule has 4 fully saturated rings. The Morgan fingerprint density at radius 1 is 0.545 bits per heavy atom. The van der Waals surface area contributed by atoms with Gasteiger partial charge in [-0.15, -0.1) is 0 Å². The fraction of sp³-hybridized carbons (Fsp3) is 0.483. The Kier molecular flexibility index (Phi) is 8.09. The Morgan fingerprint density at radius 3 is 1.25 bits per heavy atom. The highest BCUT2D eigenvalue weighted by Gasteiger charge is 2.43. The van der Waals surface area contributed by atoms with E-state index >= 15 is 17.6 Å². The summed E-state index contributed by atoms with van der Waals surface area (Å²) in [6, 6.07) is 0. The van der Waals surface area contributed by atoms with Crippen LogP contribution in [0.3, 0.4) is 0 Å². The Labute approximate surface area is 245 Å². The lowest BCUT2D eigenvalue weighted by atomic mass is 10.0. The van der Waals surface area contributed by atoms with Crippen molar-refractivity contribution in [2.45, 2.75) is 37.3 Å². The average molecular weight is 635 g/mol. The summed E-state index contributed by atoms with van der Waals surface area (Å²) in [6.45, 7) is 1.09. The van der Waals surface area contributed by atoms with Crippen molar-refractivity contribution in [3.05, 3.63) is 63.7 Å². The highest BCUT2D eigenvalue weighted by molar-refractivity contribution is 6.07. The summed E-state index contributed by atoms with van der Waals surface area (Å²) in [5.41, 5.74) is -5.08. The number of nitrogens with zero attached hydrogens (tertiary/aromatic N) is 2. The molecule has 2 aromatic rings. The molecule has 238 valence electrons. The standard InChI is InChI=1S/C29H26F8N2O5/c30-18-15(19(31)23(35)26(22(18)34)38-7-3-28(4-8-38)41-11-12-42-28)1-2-16(40)17-20(32)24(36)27(25(37)21(17)33)39-9-5-29(6-10-39)43-13-14-44-29/h1-2H,3-14H2. The lowest BCUT2D eigenvalue weighted by Gasteiger charge is -2.38. The summed E-state index contributed by atoms with van der Waals surface area (Å²) in [5.74, 6) is -18.7. The maximum atomic E-state index is 15.0. The minimum atomic E-state index is -2.05. The zero-order chi connectivity index (χ0) is 31.4. The summed E-state index contributed by atoms with van der Waals surface area (Å²) in [6.07, 6.45) is 1.07. The number of halogens is 8. The van der Waals surface area contributed by atoms with Crippen molar-refractivity contribution >= 4 is 23.2 Å². The summed E-state index contributed by atoms with van der Waals surface area (Å²) in [5, 5.41) is 0. The third kappa shape index (κ3) is 5.12. The first kappa shape index (κ1) is 30.7. The molecule has 0 saturated carbocycles. The third-order valence-electron chi connectivity index (χ3n) is 8.47. The average Bonchev–Trinajstić information content (AvgIpc) is 3.67. The summed E-state index contributed by atoms with van der Waals surface area (Å²) < 4.78 is 142. The minimum Gasteiger partial charge on any atom is -0.366 e. The van der Waals surface area contributed by atoms with E-state index in [9.17, 15) is 22.4 Å². The predicted octanol–water partition coefficient (Wildman–Crippen LogP) is 5.38. The van der Waals surface area contributed by atoms with Crippen LogP contribution < -0.4 is 9.80 Å². The molecule has 4 heterocycles. The lowest BCUT2D eigenvalue weighted by Crippen LogP contribution is -2.46. The smallest absolute Gasteiger partial charge is 0.192 e. The molecule has 0 unspecified atom stereocenters. The van der Waals surface area contributed by atoms with Gasteiger partial charge in [-0.2, -0.15) is 0 Å². The molecule has 2 spiro atoms. The predicted molar refractivity (Wildman–Crippen MR) is 138 cm³/mol. The normalized spacial score (nSPS) is 21.4. The molecule has 0 amide bonds. The maximum Gasteiger partial charge on any atom is 0.192 e. The van der Waals surface area contributed by atoms with Crippen LogP contribution in [0.2, 0.25) is 0 Å². The van der Waals surface area contributed by atoms with Crippen LogP contribution in [-0.2, 0) is 18.9 Å². The molecular weight excluding hydrogens is 608 g/mol. The Balaban J connectivity index is 1.24. The monoisotopic (exact) mass is 634 g/mol. The molecule has 0 aliphatic carbocycles. The molecule has 4 aliphatic heterocycles. The SMILES string of the molecule is O=C(C=Cc1c(F)c(F)c(N2CCC3(CC2)OCCO3)c(F)c1F)c1c(F)c(F)c(N2CCC3(CC2)OCCO3)c(F)c1F. The van der Waals surface area contributed by atoms with E-state index in [1.54, 1.807) is 0 Å². The molecule has 6 rings (SSSR count). The second-order valence-corrected chi connectivity index (χ2v) is 10.9. The molecule has 0 aromatic heterocycles. The first-order valence-corrected chi connectivity index (χ1v) is 14.0. The number of hydrogen-bond donors (Lipinski definition) is 0. The molecule has 0 bridgehead atoms. The van der Waals surface area contributed by atoms with Crippen LogP contribution in [0.5, 0.6) is 0 Å². The van der Waals surface area contributed by atoms with E-state index in [-0.39, 0.29) is 64.0 Å². The van der Waals surface area contributed by atoms with Gasteiger partial charge in [0.05, 0.1) is 37.6 Å². The van der Waals surface area contributed by atoms with Crippen LogP contribution in [0.25, 0.3) is 6.08 Å². The zero-order valence-corrected chi connectivity index (χ0v) is 23.1. The zero-order valence-electron chi connectivity index (χ0n) is 23.1. The van der Waals surface area contributed by atoms with Gasteiger partial charge in [0.15, 0.2) is 63.9 Å². The van der Waals surface area contributed by atoms with Crippen molar-refractivity contribution in [1.82, 2.24) is 0 Å². The highest BCUT2D eigenvalue weighted by atomic mass is 19.2. The van der Waals surface area contributed by atoms with Crippen molar-refractivity contribution in [2.24, 2.45) is 0 Å². The van der Waals surface area contributed by atoms with Gasteiger partial charge in [0.2, 0.25) is 0 Å². The van der Waals surface area contributed by atoms with Crippen molar-refractivity contribution in [2.75, 3.05) is 62.4 Å². The van der Waals surface area contributed by atoms with Crippen LogP contribution in [-0.4, -0.2) is 70.0 Å². The number of anilines is 2. The molecule has 44 heavy (non-hydrogen) atoms. The van der Waals surface area contributed by atoms with Crippen LogP contribution in [0.15, 0.2) is 6.08 Å². The molecule has 0 radical (unpaired) electrons. The third-order valence-corrected chi connectivity index (χ3v) is 8.47. The molecule has 15 heteroatoms. The quantitative estimate of drug-likeness (QED) is 0.190. The van der Waals surface area contributed by atoms with Gasteiger partial charge in [-0.1, -0.05) is 0 Å². The van der Waals surface area contributed by atoms with Crippen molar-refractivity contribution in [3.63, 3.8) is 0 Å². The topological polar surface area (TPSA) is 60.5 Å². The largest absolute Gasteiger partial charge is 0.366 e. The molecule has 2 aromatic carbocycles. The van der Waals surface area contributed by atoms with E-state index in [1.165, 1.54) is 0 Å². The number of benzene rings is 2. The second-order valence-electron chi connectivity index (χ2n) is 10.9. The number of rotatable bonds is 5. The van der Waals surface area contributed by atoms with Crippen LogP contribution >= 0.6 is 0 Å². The van der Waals surface area contributed by atoms with E-state index in [0.717, 1.165) is 9.80 Å². The van der Waals surface area contributed by atoms with Gasteiger partial charge >= 0.3 is 0 Å². The van der Waals surface area contributed by atoms with Gasteiger partial charge < -0.3 is 28.7 Å². The van der Waals surface area contributed by atoms with E-state index in [4.69, 9.17) is 18.9 Å². The fourth-order valence-electron chi connectivity index (χ4n) is 6.13. The summed E-state index contributed by atoms with van der Waals surface area (Å²) in [7, 11) is 0. The van der Waals surface area contributed by atoms with Crippen molar-refractivity contribution in [3.8, 4) is 0 Å². The van der Waals surface area contributed by atoms with Gasteiger partial charge in [0.25, 0.3) is 0 Å². The van der Waals surface area contributed by atoms with E-state index in [2.05, 4.69) is 0 Å². The van der Waals surface area contributed by atoms with Gasteiger partial charge in [-0.25, -0.2) is 35.1 Å². The first-order valence-electron chi connectivity index (χ1n) is 14.0. The molecule has 4 aliphatic rings. The highest BCUT2D eigenvalue weighted by Crippen LogP contribution is 2.39. The van der Waals surface area contributed by atoms with Crippen molar-refractivity contribution in [1.29, 1.82) is 0 Å². The van der Waals surface area contributed by atoms with Crippen molar-refractivity contribution < 1.29 is 58.9 Å². The first-order chi connectivity index (χ1) is 21.0. The van der Waals surface area contributed by atoms with Gasteiger partial charge in [0.1, 0.15) is 11.4 Å². The Bertz CT molecular complexity index is 1450. The van der Waals surface area contributed by atoms with Gasteiger partial charge in [0, 0.05) is 51.9 Å². The number of ether oxygens (including phenoxy) is 4. The number of hydrogen-bond acceptors (Lipinski definition) is 7. The Hall–Kier alpha value is -3.27. The molecule has 7 nitrogen and oxygen atoms in total. The van der Waals surface area contributed by atoms with Gasteiger partial charge in [-0.3, -0.25) is 4.79 Å². The molecular formula is C29H26F8N2O5.